The maximum Gasteiger partial charge on any atom is -0.0195 e. The van der Waals surface area contributed by atoms with E-state index in [1.54, 1.807) is 44.9 Å². The van der Waals surface area contributed by atoms with Crippen LogP contribution in [0, 0.1) is 64.6 Å². The van der Waals surface area contributed by atoms with Crippen LogP contribution in [0.4, 0.5) is 0 Å². The third-order valence-electron chi connectivity index (χ3n) is 16.1. The molecule has 0 heteroatoms. The summed E-state index contributed by atoms with van der Waals surface area (Å²) >= 11 is 0. The van der Waals surface area contributed by atoms with Crippen molar-refractivity contribution in [3.05, 3.63) is 11.1 Å². The normalized spacial score (nSPS) is 37.7. The van der Waals surface area contributed by atoms with Crippen LogP contribution in [0.1, 0.15) is 221 Å². The highest BCUT2D eigenvalue weighted by Gasteiger charge is 2.60. The number of hydrogen-bond donors (Lipinski definition) is 0. The van der Waals surface area contributed by atoms with Crippen LogP contribution < -0.4 is 0 Å². The molecule has 0 saturated heterocycles. The highest BCUT2D eigenvalue weighted by molar-refractivity contribution is 5.24. The Kier molecular flexibility index (Phi) is 15.2. The molecule has 272 valence electrons. The highest BCUT2D eigenvalue weighted by atomic mass is 14.7. The number of hydrogen-bond acceptors (Lipinski definition) is 0. The average molecular weight is 649 g/mol. The number of fused-ring (bicyclic) bond motifs is 3. The molecule has 0 N–H and O–H groups in total. The number of rotatable bonds is 17. The zero-order valence-corrected chi connectivity index (χ0v) is 33.1. The molecule has 0 aliphatic heterocycles. The standard InChI is InChI=1S/C47H84/c1-7-9-11-13-15-17-31-47(32-18-16-14-12-10-8-2)44-33-37(5)23-29-42(44)43-30-28-41(34-45(43)47)46(40-26-21-36(4)22-27-40)38(6)39-24-19-35(3)20-25-39/h35-37,39-45H,7-34H2,1-6H3/b46-38-. The Morgan fingerprint density at radius 3 is 1.43 bits per heavy atom. The predicted octanol–water partition coefficient (Wildman–Crippen LogP) is 15.5. The van der Waals surface area contributed by atoms with Gasteiger partial charge >= 0.3 is 0 Å². The van der Waals surface area contributed by atoms with Crippen molar-refractivity contribution in [1.29, 1.82) is 0 Å². The van der Waals surface area contributed by atoms with Crippen molar-refractivity contribution in [1.82, 2.24) is 0 Å². The summed E-state index contributed by atoms with van der Waals surface area (Å²) in [5.74, 6) is 9.84. The minimum absolute atomic E-state index is 0.665. The van der Waals surface area contributed by atoms with Gasteiger partial charge in [0.1, 0.15) is 0 Å². The van der Waals surface area contributed by atoms with Gasteiger partial charge in [0.2, 0.25) is 0 Å². The van der Waals surface area contributed by atoms with Crippen LogP contribution in [0.25, 0.3) is 0 Å². The van der Waals surface area contributed by atoms with Gasteiger partial charge in [-0.1, -0.05) is 155 Å². The van der Waals surface area contributed by atoms with E-state index in [0.29, 0.717) is 5.41 Å². The lowest BCUT2D eigenvalue weighted by atomic mass is 9.57. The molecule has 0 radical (unpaired) electrons. The van der Waals surface area contributed by atoms with Gasteiger partial charge in [0, 0.05) is 0 Å². The van der Waals surface area contributed by atoms with Gasteiger partial charge in [-0.25, -0.2) is 0 Å². The van der Waals surface area contributed by atoms with Gasteiger partial charge in [0.15, 0.2) is 0 Å². The Morgan fingerprint density at radius 1 is 0.447 bits per heavy atom. The summed E-state index contributed by atoms with van der Waals surface area (Å²) in [5.41, 5.74) is 4.70. The molecule has 0 spiro atoms. The van der Waals surface area contributed by atoms with E-state index >= 15 is 0 Å². The molecule has 0 amide bonds. The van der Waals surface area contributed by atoms with Crippen LogP contribution >= 0.6 is 0 Å². The highest BCUT2D eigenvalue weighted by Crippen LogP contribution is 2.68. The van der Waals surface area contributed by atoms with E-state index in [2.05, 4.69) is 47.1 Å². The molecule has 0 heterocycles. The van der Waals surface area contributed by atoms with Crippen LogP contribution in [0.15, 0.2) is 11.1 Å². The molecule has 0 aromatic rings. The van der Waals surface area contributed by atoms with E-state index in [1.165, 1.54) is 135 Å². The molecular weight excluding hydrogens is 565 g/mol. The van der Waals surface area contributed by atoms with Gasteiger partial charge in [-0.05, 0) is 142 Å². The molecule has 5 fully saturated rings. The summed E-state index contributed by atoms with van der Waals surface area (Å²) in [7, 11) is 0. The Hall–Kier alpha value is -0.260. The number of unbranched alkanes of at least 4 members (excludes halogenated alkanes) is 10. The van der Waals surface area contributed by atoms with Crippen molar-refractivity contribution >= 4 is 0 Å². The van der Waals surface area contributed by atoms with Crippen LogP contribution in [0.5, 0.6) is 0 Å². The van der Waals surface area contributed by atoms with Gasteiger partial charge in [-0.3, -0.25) is 0 Å². The largest absolute Gasteiger partial charge is 0.0705 e. The van der Waals surface area contributed by atoms with Crippen molar-refractivity contribution in [2.75, 3.05) is 0 Å². The topological polar surface area (TPSA) is 0 Å². The maximum atomic E-state index is 2.69. The lowest BCUT2D eigenvalue weighted by Gasteiger charge is -2.48. The summed E-state index contributed by atoms with van der Waals surface area (Å²) in [5, 5.41) is 0. The first-order valence-electron chi connectivity index (χ1n) is 22.6. The fourth-order valence-electron chi connectivity index (χ4n) is 13.3. The first kappa shape index (κ1) is 38.0. The van der Waals surface area contributed by atoms with Gasteiger partial charge in [0.05, 0.1) is 0 Å². The van der Waals surface area contributed by atoms with Crippen molar-refractivity contribution in [3.8, 4) is 0 Å². The van der Waals surface area contributed by atoms with Crippen molar-refractivity contribution < 1.29 is 0 Å². The third-order valence-corrected chi connectivity index (χ3v) is 16.1. The Balaban J connectivity index is 1.43. The maximum absolute atomic E-state index is 2.69. The molecule has 5 aliphatic rings. The first-order valence-corrected chi connectivity index (χ1v) is 22.6. The Bertz CT molecular complexity index is 892. The lowest BCUT2D eigenvalue weighted by molar-refractivity contribution is 0.0340. The second kappa shape index (κ2) is 18.8. The molecule has 6 unspecified atom stereocenters. The Labute approximate surface area is 296 Å². The van der Waals surface area contributed by atoms with Gasteiger partial charge in [0.25, 0.3) is 0 Å². The zero-order chi connectivity index (χ0) is 33.2. The summed E-state index contributed by atoms with van der Waals surface area (Å²) < 4.78 is 0. The fraction of sp³-hybridized carbons (Fsp3) is 0.957. The predicted molar refractivity (Wildman–Crippen MR) is 208 cm³/mol. The third kappa shape index (κ3) is 9.55. The molecule has 0 aromatic carbocycles. The number of allylic oxidation sites excluding steroid dienone is 2. The minimum atomic E-state index is 0.665. The van der Waals surface area contributed by atoms with Gasteiger partial charge in [-0.2, -0.15) is 0 Å². The summed E-state index contributed by atoms with van der Waals surface area (Å²) in [6.07, 6.45) is 42.2. The Morgan fingerprint density at radius 2 is 0.872 bits per heavy atom. The molecule has 5 saturated carbocycles. The van der Waals surface area contributed by atoms with E-state index in [-0.39, 0.29) is 0 Å². The van der Waals surface area contributed by atoms with E-state index in [0.717, 1.165) is 59.2 Å². The van der Waals surface area contributed by atoms with Crippen LogP contribution in [-0.2, 0) is 0 Å². The monoisotopic (exact) mass is 649 g/mol. The molecule has 47 heavy (non-hydrogen) atoms. The molecular formula is C47H84. The second-order valence-electron chi connectivity index (χ2n) is 19.3. The molecule has 5 rings (SSSR count). The quantitative estimate of drug-likeness (QED) is 0.109. The SMILES string of the molecule is CCCCCCCCC1(CCCCCCCC)C2CC(C)CCC2C2CCC(/C(=C(/C)C3CCC(C)CC3)C3CCC(C)CC3)CC21. The summed E-state index contributed by atoms with van der Waals surface area (Å²) in [4.78, 5) is 0. The van der Waals surface area contributed by atoms with Crippen LogP contribution in [0.3, 0.4) is 0 Å². The van der Waals surface area contributed by atoms with Gasteiger partial charge < -0.3 is 0 Å². The van der Waals surface area contributed by atoms with Gasteiger partial charge in [-0.15, -0.1) is 0 Å². The average Bonchev–Trinajstić information content (AvgIpc) is 3.33. The molecule has 0 aromatic heterocycles. The molecule has 0 nitrogen and oxygen atoms in total. The van der Waals surface area contributed by atoms with Crippen molar-refractivity contribution in [2.24, 2.45) is 64.6 Å². The minimum Gasteiger partial charge on any atom is -0.0705 e. The fourth-order valence-corrected chi connectivity index (χ4v) is 13.3. The summed E-state index contributed by atoms with van der Waals surface area (Å²) in [6, 6.07) is 0. The molecule has 6 atom stereocenters. The van der Waals surface area contributed by atoms with Crippen molar-refractivity contribution in [3.63, 3.8) is 0 Å². The first-order chi connectivity index (χ1) is 22.9. The second-order valence-corrected chi connectivity index (χ2v) is 19.3. The van der Waals surface area contributed by atoms with Crippen LogP contribution in [-0.4, -0.2) is 0 Å². The molecule has 0 bridgehead atoms. The van der Waals surface area contributed by atoms with Crippen molar-refractivity contribution in [2.45, 2.75) is 221 Å². The molecule has 5 aliphatic carbocycles. The van der Waals surface area contributed by atoms with E-state index in [1.807, 2.05) is 5.57 Å². The van der Waals surface area contributed by atoms with Crippen LogP contribution in [0.2, 0.25) is 0 Å². The van der Waals surface area contributed by atoms with E-state index in [4.69, 9.17) is 0 Å². The smallest absolute Gasteiger partial charge is 0.0195 e. The van der Waals surface area contributed by atoms with E-state index < -0.39 is 0 Å². The zero-order valence-electron chi connectivity index (χ0n) is 33.1. The lowest BCUT2D eigenvalue weighted by Crippen LogP contribution is -2.39. The van der Waals surface area contributed by atoms with E-state index in [9.17, 15) is 0 Å². The summed E-state index contributed by atoms with van der Waals surface area (Å²) in [6.45, 7) is 15.2.